The molecule has 7 heteroatoms. The third kappa shape index (κ3) is 4.64. The number of sulfonamides is 1. The maximum absolute atomic E-state index is 12.3. The summed E-state index contributed by atoms with van der Waals surface area (Å²) in [5, 5.41) is 5.04. The first kappa shape index (κ1) is 18.8. The molecule has 0 aliphatic carbocycles. The molecule has 0 saturated carbocycles. The number of carbonyl (C=O) groups is 1. The molecule has 22 heavy (non-hydrogen) atoms. The van der Waals surface area contributed by atoms with E-state index in [2.05, 4.69) is 15.9 Å². The van der Waals surface area contributed by atoms with Crippen LogP contribution in [0.25, 0.3) is 0 Å². The maximum atomic E-state index is 12.3. The van der Waals surface area contributed by atoms with Crippen molar-refractivity contribution in [3.05, 3.63) is 63.1 Å². The normalized spacial score (nSPS) is 10.6. The molecule has 0 atom stereocenters. The molecule has 2 aromatic carbocycles. The number of hydrogen-bond acceptors (Lipinski definition) is 3. The van der Waals surface area contributed by atoms with Crippen LogP contribution in [0.3, 0.4) is 0 Å². The van der Waals surface area contributed by atoms with Crippen LogP contribution in [0.4, 0.5) is 0 Å². The lowest BCUT2D eigenvalue weighted by Gasteiger charge is -2.06. The minimum absolute atomic E-state index is 0.0140. The molecule has 0 heterocycles. The van der Waals surface area contributed by atoms with Crippen LogP contribution < -0.4 is 5.14 Å². The van der Waals surface area contributed by atoms with Gasteiger partial charge in [0.2, 0.25) is 10.0 Å². The second-order valence-corrected chi connectivity index (χ2v) is 6.88. The van der Waals surface area contributed by atoms with Gasteiger partial charge in [0.1, 0.15) is 4.90 Å². The van der Waals surface area contributed by atoms with Crippen LogP contribution in [0.1, 0.15) is 29.8 Å². The number of nitrogens with two attached hydrogens (primary N) is 1. The first-order chi connectivity index (χ1) is 10.3. The van der Waals surface area contributed by atoms with E-state index in [0.717, 1.165) is 4.47 Å². The van der Waals surface area contributed by atoms with Gasteiger partial charge >= 0.3 is 0 Å². The van der Waals surface area contributed by atoms with E-state index in [1.807, 2.05) is 13.8 Å². The number of hydrogen-bond donors (Lipinski definition) is 1. The third-order valence-electron chi connectivity index (χ3n) is 2.61. The second-order valence-electron chi connectivity index (χ2n) is 4.03. The van der Waals surface area contributed by atoms with Gasteiger partial charge in [-0.3, -0.25) is 4.79 Å². The average Bonchev–Trinajstić information content (AvgIpc) is 2.49. The molecule has 2 N–H and O–H groups in total. The molecule has 0 fully saturated rings. The molecule has 0 spiro atoms. The summed E-state index contributed by atoms with van der Waals surface area (Å²) in [6, 6.07) is 10.7. The topological polar surface area (TPSA) is 77.2 Å². The van der Waals surface area contributed by atoms with Gasteiger partial charge < -0.3 is 0 Å². The molecule has 0 amide bonds. The zero-order valence-corrected chi connectivity index (χ0v) is 15.2. The summed E-state index contributed by atoms with van der Waals surface area (Å²) in [6.07, 6.45) is 0. The van der Waals surface area contributed by atoms with Gasteiger partial charge in [-0.15, -0.1) is 0 Å². The van der Waals surface area contributed by atoms with Crippen LogP contribution in [0.15, 0.2) is 51.8 Å². The van der Waals surface area contributed by atoms with Gasteiger partial charge in [0.25, 0.3) is 0 Å². The molecule has 0 bridgehead atoms. The molecule has 0 saturated heterocycles. The molecule has 0 radical (unpaired) electrons. The van der Waals surface area contributed by atoms with E-state index in [4.69, 9.17) is 16.7 Å². The standard InChI is InChI=1S/C13H9BrClNO3S.C2H6/c14-10-4-1-8(2-5-10)13(17)9-3-6-11(15)12(7-9)20(16,18)19;1-2/h1-7H,(H2,16,18,19);1-2H3. The largest absolute Gasteiger partial charge is 0.289 e. The first-order valence-electron chi connectivity index (χ1n) is 6.41. The molecule has 0 unspecified atom stereocenters. The van der Waals surface area contributed by atoms with Crippen molar-refractivity contribution in [1.82, 2.24) is 0 Å². The average molecular weight is 405 g/mol. The molecule has 0 aliphatic rings. The fourth-order valence-corrected chi connectivity index (χ4v) is 2.97. The predicted molar refractivity (Wildman–Crippen MR) is 91.7 cm³/mol. The minimum atomic E-state index is -3.97. The summed E-state index contributed by atoms with van der Waals surface area (Å²) in [7, 11) is -3.97. The second kappa shape index (κ2) is 7.87. The molecular formula is C15H15BrClNO3S. The Labute approximate surface area is 143 Å². The number of halogens is 2. The molecule has 4 nitrogen and oxygen atoms in total. The maximum Gasteiger partial charge on any atom is 0.239 e. The van der Waals surface area contributed by atoms with Gasteiger partial charge in [-0.05, 0) is 42.5 Å². The Balaban J connectivity index is 0.00000116. The van der Waals surface area contributed by atoms with Crippen LogP contribution in [0.2, 0.25) is 5.02 Å². The zero-order valence-electron chi connectivity index (χ0n) is 12.0. The zero-order chi connectivity index (χ0) is 16.9. The summed E-state index contributed by atoms with van der Waals surface area (Å²) < 4.78 is 23.6. The fourth-order valence-electron chi connectivity index (χ4n) is 1.63. The van der Waals surface area contributed by atoms with Crippen molar-refractivity contribution < 1.29 is 13.2 Å². The number of benzene rings is 2. The highest BCUT2D eigenvalue weighted by Crippen LogP contribution is 2.23. The van der Waals surface area contributed by atoms with Gasteiger partial charge in [-0.1, -0.05) is 41.4 Å². The highest BCUT2D eigenvalue weighted by molar-refractivity contribution is 9.10. The van der Waals surface area contributed by atoms with E-state index in [1.54, 1.807) is 24.3 Å². The van der Waals surface area contributed by atoms with Crippen molar-refractivity contribution in [3.63, 3.8) is 0 Å². The fraction of sp³-hybridized carbons (Fsp3) is 0.133. The van der Waals surface area contributed by atoms with E-state index in [0.29, 0.717) is 5.56 Å². The van der Waals surface area contributed by atoms with Crippen molar-refractivity contribution in [2.45, 2.75) is 18.7 Å². The lowest BCUT2D eigenvalue weighted by Crippen LogP contribution is -2.14. The van der Waals surface area contributed by atoms with Crippen LogP contribution in [0.5, 0.6) is 0 Å². The summed E-state index contributed by atoms with van der Waals surface area (Å²) >= 11 is 9.05. The van der Waals surface area contributed by atoms with E-state index in [-0.39, 0.29) is 21.3 Å². The Morgan fingerprint density at radius 1 is 1.05 bits per heavy atom. The third-order valence-corrected chi connectivity index (χ3v) is 4.53. The number of rotatable bonds is 3. The van der Waals surface area contributed by atoms with E-state index in [1.165, 1.54) is 18.2 Å². The van der Waals surface area contributed by atoms with Crippen molar-refractivity contribution in [3.8, 4) is 0 Å². The van der Waals surface area contributed by atoms with Crippen LogP contribution in [-0.2, 0) is 10.0 Å². The Hall–Kier alpha value is -1.21. The summed E-state index contributed by atoms with van der Waals surface area (Å²) in [6.45, 7) is 4.00. The summed E-state index contributed by atoms with van der Waals surface area (Å²) in [5.74, 6) is -0.306. The van der Waals surface area contributed by atoms with Gasteiger partial charge in [0.05, 0.1) is 5.02 Å². The van der Waals surface area contributed by atoms with Crippen molar-refractivity contribution in [2.24, 2.45) is 5.14 Å². The molecule has 2 aromatic rings. The Morgan fingerprint density at radius 3 is 2.05 bits per heavy atom. The summed E-state index contributed by atoms with van der Waals surface area (Å²) in [4.78, 5) is 12.0. The Kier molecular flexibility index (Phi) is 6.74. The van der Waals surface area contributed by atoms with Gasteiger partial charge in [0.15, 0.2) is 5.78 Å². The Morgan fingerprint density at radius 2 is 1.55 bits per heavy atom. The molecular weight excluding hydrogens is 390 g/mol. The monoisotopic (exact) mass is 403 g/mol. The molecule has 0 aromatic heterocycles. The molecule has 0 aliphatic heterocycles. The van der Waals surface area contributed by atoms with Gasteiger partial charge in [0, 0.05) is 15.6 Å². The van der Waals surface area contributed by atoms with Crippen molar-refractivity contribution in [1.29, 1.82) is 0 Å². The molecule has 2 rings (SSSR count). The minimum Gasteiger partial charge on any atom is -0.289 e. The van der Waals surface area contributed by atoms with E-state index in [9.17, 15) is 13.2 Å². The van der Waals surface area contributed by atoms with Crippen LogP contribution >= 0.6 is 27.5 Å². The smallest absolute Gasteiger partial charge is 0.239 e. The van der Waals surface area contributed by atoms with Crippen molar-refractivity contribution >= 4 is 43.3 Å². The first-order valence-corrected chi connectivity index (χ1v) is 9.13. The van der Waals surface area contributed by atoms with Gasteiger partial charge in [-0.25, -0.2) is 13.6 Å². The van der Waals surface area contributed by atoms with Crippen LogP contribution in [0, 0.1) is 0 Å². The van der Waals surface area contributed by atoms with Gasteiger partial charge in [-0.2, -0.15) is 0 Å². The van der Waals surface area contributed by atoms with Crippen molar-refractivity contribution in [2.75, 3.05) is 0 Å². The number of primary sulfonamides is 1. The highest BCUT2D eigenvalue weighted by Gasteiger charge is 2.17. The predicted octanol–water partition coefficient (Wildman–Crippen LogP) is 4.01. The van der Waals surface area contributed by atoms with E-state index >= 15 is 0 Å². The SMILES string of the molecule is CC.NS(=O)(=O)c1cc(C(=O)c2ccc(Br)cc2)ccc1Cl. The number of carbonyl (C=O) groups excluding carboxylic acids is 1. The quantitative estimate of drug-likeness (QED) is 0.785. The lowest BCUT2D eigenvalue weighted by molar-refractivity contribution is 0.103. The molecule has 118 valence electrons. The highest BCUT2D eigenvalue weighted by atomic mass is 79.9. The Bertz CT molecular complexity index is 774. The lowest BCUT2D eigenvalue weighted by atomic mass is 10.0. The number of ketones is 1. The van der Waals surface area contributed by atoms with E-state index < -0.39 is 10.0 Å². The van der Waals surface area contributed by atoms with Crippen LogP contribution in [-0.4, -0.2) is 14.2 Å². The summed E-state index contributed by atoms with van der Waals surface area (Å²) in [5.41, 5.74) is 0.650.